The first kappa shape index (κ1) is 17.1. The molecule has 0 radical (unpaired) electrons. The van der Waals surface area contributed by atoms with Crippen LogP contribution in [0.25, 0.3) is 0 Å². The van der Waals surface area contributed by atoms with Crippen LogP contribution in [0.5, 0.6) is 0 Å². The quantitative estimate of drug-likeness (QED) is 0.731. The van der Waals surface area contributed by atoms with Gasteiger partial charge in [-0.1, -0.05) is 23.7 Å². The van der Waals surface area contributed by atoms with Gasteiger partial charge in [0.05, 0.1) is 6.42 Å². The number of amides is 1. The third-order valence-corrected chi connectivity index (χ3v) is 3.90. The number of carbonyl (C=O) groups is 1. The Bertz CT molecular complexity index is 892. The molecule has 25 heavy (non-hydrogen) atoms. The third-order valence-electron chi connectivity index (χ3n) is 3.64. The van der Waals surface area contributed by atoms with E-state index < -0.39 is 0 Å². The first-order chi connectivity index (χ1) is 12.0. The van der Waals surface area contributed by atoms with E-state index in [0.29, 0.717) is 34.3 Å². The van der Waals surface area contributed by atoms with E-state index >= 15 is 0 Å². The zero-order chi connectivity index (χ0) is 17.8. The molecule has 2 N–H and O–H groups in total. The van der Waals surface area contributed by atoms with Crippen molar-refractivity contribution < 1.29 is 9.18 Å². The molecule has 1 aromatic heterocycles. The Hall–Kier alpha value is -2.73. The van der Waals surface area contributed by atoms with E-state index in [1.54, 1.807) is 6.92 Å². The minimum Gasteiger partial charge on any atom is -0.325 e. The largest absolute Gasteiger partial charge is 0.325 e. The Labute approximate surface area is 149 Å². The molecule has 0 spiro atoms. The lowest BCUT2D eigenvalue weighted by atomic mass is 10.1. The maximum absolute atomic E-state index is 13.1. The van der Waals surface area contributed by atoms with Gasteiger partial charge in [-0.3, -0.25) is 9.89 Å². The van der Waals surface area contributed by atoms with Crippen molar-refractivity contribution in [1.29, 1.82) is 0 Å². The maximum Gasteiger partial charge on any atom is 0.232 e. The highest BCUT2D eigenvalue weighted by Crippen LogP contribution is 2.16. The van der Waals surface area contributed by atoms with Gasteiger partial charge in [-0.25, -0.2) is 9.37 Å². The average molecular weight is 359 g/mol. The summed E-state index contributed by atoms with van der Waals surface area (Å²) in [5.74, 6) is 0.479. The SMILES string of the molecule is Cc1cc(F)ccc1NC(=O)Cc1n[nH]c(Cc2ccc(Cl)cc2)n1. The normalized spacial score (nSPS) is 10.7. The molecular formula is C18H16ClFN4O. The number of rotatable bonds is 5. The number of benzene rings is 2. The maximum atomic E-state index is 13.1. The van der Waals surface area contributed by atoms with Crippen LogP contribution in [-0.4, -0.2) is 21.1 Å². The van der Waals surface area contributed by atoms with Crippen molar-refractivity contribution in [2.24, 2.45) is 0 Å². The van der Waals surface area contributed by atoms with Crippen molar-refractivity contribution in [3.05, 3.63) is 76.1 Å². The van der Waals surface area contributed by atoms with Crippen LogP contribution >= 0.6 is 11.6 Å². The molecule has 0 unspecified atom stereocenters. The number of hydrogen-bond donors (Lipinski definition) is 2. The van der Waals surface area contributed by atoms with E-state index in [9.17, 15) is 9.18 Å². The van der Waals surface area contributed by atoms with Crippen LogP contribution in [0, 0.1) is 12.7 Å². The zero-order valence-corrected chi connectivity index (χ0v) is 14.3. The number of hydrogen-bond acceptors (Lipinski definition) is 3. The van der Waals surface area contributed by atoms with E-state index in [-0.39, 0.29) is 18.1 Å². The molecule has 0 atom stereocenters. The number of halogens is 2. The van der Waals surface area contributed by atoms with E-state index in [0.717, 1.165) is 5.56 Å². The van der Waals surface area contributed by atoms with Gasteiger partial charge < -0.3 is 5.32 Å². The smallest absolute Gasteiger partial charge is 0.232 e. The van der Waals surface area contributed by atoms with Crippen molar-refractivity contribution in [2.45, 2.75) is 19.8 Å². The molecule has 2 aromatic carbocycles. The van der Waals surface area contributed by atoms with Crippen LogP contribution in [0.4, 0.5) is 10.1 Å². The van der Waals surface area contributed by atoms with Crippen molar-refractivity contribution in [3.8, 4) is 0 Å². The molecule has 0 aliphatic carbocycles. The van der Waals surface area contributed by atoms with E-state index in [1.807, 2.05) is 24.3 Å². The highest BCUT2D eigenvalue weighted by molar-refractivity contribution is 6.30. The minimum atomic E-state index is -0.337. The van der Waals surface area contributed by atoms with Gasteiger partial charge in [0.2, 0.25) is 5.91 Å². The fraction of sp³-hybridized carbons (Fsp3) is 0.167. The van der Waals surface area contributed by atoms with Crippen molar-refractivity contribution in [3.63, 3.8) is 0 Å². The second-order valence-corrected chi connectivity index (χ2v) is 6.12. The van der Waals surface area contributed by atoms with Gasteiger partial charge in [0.1, 0.15) is 11.6 Å². The lowest BCUT2D eigenvalue weighted by Crippen LogP contribution is -2.16. The van der Waals surface area contributed by atoms with E-state index in [2.05, 4.69) is 20.5 Å². The van der Waals surface area contributed by atoms with Crippen LogP contribution in [0.3, 0.4) is 0 Å². The van der Waals surface area contributed by atoms with Crippen LogP contribution in [-0.2, 0) is 17.6 Å². The molecular weight excluding hydrogens is 343 g/mol. The van der Waals surface area contributed by atoms with Gasteiger partial charge >= 0.3 is 0 Å². The average Bonchev–Trinajstić information content (AvgIpc) is 2.99. The number of aryl methyl sites for hydroxylation is 1. The number of aromatic amines is 1. The van der Waals surface area contributed by atoms with E-state index in [4.69, 9.17) is 11.6 Å². The van der Waals surface area contributed by atoms with Gasteiger partial charge in [0.25, 0.3) is 0 Å². The Balaban J connectivity index is 1.60. The molecule has 1 heterocycles. The first-order valence-corrected chi connectivity index (χ1v) is 8.08. The van der Waals surface area contributed by atoms with Gasteiger partial charge in [-0.15, -0.1) is 0 Å². The molecule has 1 amide bonds. The topological polar surface area (TPSA) is 70.7 Å². The summed E-state index contributed by atoms with van der Waals surface area (Å²) in [6.45, 7) is 1.73. The number of nitrogens with zero attached hydrogens (tertiary/aromatic N) is 2. The summed E-state index contributed by atoms with van der Waals surface area (Å²) >= 11 is 5.86. The lowest BCUT2D eigenvalue weighted by molar-refractivity contribution is -0.115. The molecule has 5 nitrogen and oxygen atoms in total. The summed E-state index contributed by atoms with van der Waals surface area (Å²) in [5.41, 5.74) is 2.27. The van der Waals surface area contributed by atoms with Crippen molar-refractivity contribution in [2.75, 3.05) is 5.32 Å². The zero-order valence-electron chi connectivity index (χ0n) is 13.5. The molecule has 0 saturated carbocycles. The van der Waals surface area contributed by atoms with Gasteiger partial charge in [-0.05, 0) is 48.4 Å². The summed E-state index contributed by atoms with van der Waals surface area (Å²) < 4.78 is 13.1. The molecule has 0 aliphatic rings. The Morgan fingerprint density at radius 3 is 2.72 bits per heavy atom. The molecule has 0 aliphatic heterocycles. The van der Waals surface area contributed by atoms with Gasteiger partial charge in [0.15, 0.2) is 5.82 Å². The highest BCUT2D eigenvalue weighted by atomic mass is 35.5. The van der Waals surface area contributed by atoms with Crippen LogP contribution in [0.15, 0.2) is 42.5 Å². The molecule has 0 fully saturated rings. The first-order valence-electron chi connectivity index (χ1n) is 7.70. The number of aromatic nitrogens is 3. The van der Waals surface area contributed by atoms with E-state index in [1.165, 1.54) is 18.2 Å². The lowest BCUT2D eigenvalue weighted by Gasteiger charge is -2.07. The Morgan fingerprint density at radius 1 is 1.24 bits per heavy atom. The molecule has 128 valence electrons. The van der Waals surface area contributed by atoms with Gasteiger partial charge in [-0.2, -0.15) is 5.10 Å². The number of H-pyrrole nitrogens is 1. The summed E-state index contributed by atoms with van der Waals surface area (Å²) in [7, 11) is 0. The summed E-state index contributed by atoms with van der Waals surface area (Å²) in [6, 6.07) is 11.7. The molecule has 0 bridgehead atoms. The summed E-state index contributed by atoms with van der Waals surface area (Å²) in [4.78, 5) is 16.4. The highest BCUT2D eigenvalue weighted by Gasteiger charge is 2.11. The second kappa shape index (κ2) is 7.44. The Kier molecular flexibility index (Phi) is 5.09. The summed E-state index contributed by atoms with van der Waals surface area (Å²) in [6.07, 6.45) is 0.608. The monoisotopic (exact) mass is 358 g/mol. The summed E-state index contributed by atoms with van der Waals surface area (Å²) in [5, 5.41) is 10.3. The third kappa shape index (κ3) is 4.64. The Morgan fingerprint density at radius 2 is 2.00 bits per heavy atom. The second-order valence-electron chi connectivity index (χ2n) is 5.69. The number of anilines is 1. The van der Waals surface area contributed by atoms with Gasteiger partial charge in [0, 0.05) is 17.1 Å². The van der Waals surface area contributed by atoms with Crippen LogP contribution < -0.4 is 5.32 Å². The molecule has 7 heteroatoms. The molecule has 3 rings (SSSR count). The minimum absolute atomic E-state index is 0.0356. The van der Waals surface area contributed by atoms with Crippen molar-refractivity contribution in [1.82, 2.24) is 15.2 Å². The number of carbonyl (C=O) groups excluding carboxylic acids is 1. The van der Waals surface area contributed by atoms with Crippen LogP contribution in [0.2, 0.25) is 5.02 Å². The standard InChI is InChI=1S/C18H16ClFN4O/c1-11-8-14(20)6-7-15(11)21-18(25)10-17-22-16(23-24-17)9-12-2-4-13(19)5-3-12/h2-8H,9-10H2,1H3,(H,21,25)(H,22,23,24). The number of nitrogens with one attached hydrogen (secondary N) is 2. The predicted molar refractivity (Wildman–Crippen MR) is 94.1 cm³/mol. The fourth-order valence-electron chi connectivity index (χ4n) is 2.39. The van der Waals surface area contributed by atoms with Crippen molar-refractivity contribution >= 4 is 23.2 Å². The molecule has 3 aromatic rings. The van der Waals surface area contributed by atoms with Crippen LogP contribution in [0.1, 0.15) is 22.8 Å². The fourth-order valence-corrected chi connectivity index (χ4v) is 2.52. The predicted octanol–water partition coefficient (Wildman–Crippen LogP) is 3.68. The molecule has 0 saturated heterocycles.